The quantitative estimate of drug-likeness (QED) is 0.0243. The summed E-state index contributed by atoms with van der Waals surface area (Å²) in [6.07, 6.45) is 65.4. The van der Waals surface area contributed by atoms with E-state index in [0.717, 1.165) is 44.9 Å². The molecule has 0 heterocycles. The van der Waals surface area contributed by atoms with Crippen LogP contribution < -0.4 is 5.32 Å². The van der Waals surface area contributed by atoms with Gasteiger partial charge in [-0.2, -0.15) is 0 Å². The van der Waals surface area contributed by atoms with E-state index in [1.807, 2.05) is 27.2 Å². The highest BCUT2D eigenvalue weighted by Crippen LogP contribution is 2.43. The Kier molecular flexibility index (Phi) is 49.7. The Balaban J connectivity index is 4.24. The molecule has 0 fully saturated rings. The van der Waals surface area contributed by atoms with E-state index in [9.17, 15) is 19.4 Å². The molecule has 402 valence electrons. The van der Waals surface area contributed by atoms with Crippen LogP contribution in [0.2, 0.25) is 0 Å². The number of aliphatic hydroxyl groups is 1. The molecule has 0 aliphatic heterocycles. The Bertz CT molecular complexity index is 1200. The number of likely N-dealkylation sites (N-methyl/N-ethyl adjacent to an activating group) is 1. The van der Waals surface area contributed by atoms with Gasteiger partial charge in [0.1, 0.15) is 13.2 Å². The molecule has 0 spiro atoms. The van der Waals surface area contributed by atoms with Crippen LogP contribution in [0.25, 0.3) is 0 Å². The number of carbonyl (C=O) groups is 1. The number of nitrogens with zero attached hydrogens (tertiary/aromatic N) is 1. The molecule has 0 saturated carbocycles. The lowest BCUT2D eigenvalue weighted by molar-refractivity contribution is -0.870. The lowest BCUT2D eigenvalue weighted by atomic mass is 10.0. The minimum absolute atomic E-state index is 0.0552. The lowest BCUT2D eigenvalue weighted by Crippen LogP contribution is -2.45. The number of allylic oxidation sites excluding steroid dienone is 5. The monoisotopic (exact) mass is 980 g/mol. The Morgan fingerprint density at radius 3 is 1.18 bits per heavy atom. The first kappa shape index (κ1) is 66.7. The summed E-state index contributed by atoms with van der Waals surface area (Å²) < 4.78 is 23.7. The highest BCUT2D eigenvalue weighted by Gasteiger charge is 2.27. The minimum Gasteiger partial charge on any atom is -0.387 e. The van der Waals surface area contributed by atoms with Crippen molar-refractivity contribution in [2.45, 2.75) is 296 Å². The Morgan fingerprint density at radius 1 is 0.485 bits per heavy atom. The normalized spacial score (nSPS) is 14.2. The fourth-order valence-electron chi connectivity index (χ4n) is 8.72. The third kappa shape index (κ3) is 52.5. The molecule has 0 aromatic carbocycles. The van der Waals surface area contributed by atoms with Crippen LogP contribution in [0.1, 0.15) is 284 Å². The maximum absolute atomic E-state index is 13.0. The fraction of sp³-hybridized carbons (Fsp3) is 0.881. The summed E-state index contributed by atoms with van der Waals surface area (Å²) in [4.78, 5) is 23.3. The molecule has 0 aromatic rings. The van der Waals surface area contributed by atoms with Crippen LogP contribution in [0.5, 0.6) is 0 Å². The molecular weight excluding hydrogens is 864 g/mol. The second-order valence-corrected chi connectivity index (χ2v) is 22.8. The van der Waals surface area contributed by atoms with Crippen molar-refractivity contribution in [1.82, 2.24) is 5.32 Å². The number of hydrogen-bond donors (Lipinski definition) is 3. The zero-order valence-corrected chi connectivity index (χ0v) is 46.8. The maximum Gasteiger partial charge on any atom is 0.472 e. The van der Waals surface area contributed by atoms with E-state index in [0.29, 0.717) is 17.4 Å². The van der Waals surface area contributed by atoms with Crippen LogP contribution in [0.4, 0.5) is 0 Å². The smallest absolute Gasteiger partial charge is 0.387 e. The summed E-state index contributed by atoms with van der Waals surface area (Å²) in [6, 6.07) is -0.868. The number of carbonyl (C=O) groups excluding carboxylic acids is 1. The van der Waals surface area contributed by atoms with E-state index in [1.54, 1.807) is 6.08 Å². The number of amides is 1. The summed E-state index contributed by atoms with van der Waals surface area (Å²) in [5.41, 5.74) is 0. The fourth-order valence-corrected chi connectivity index (χ4v) is 9.46. The van der Waals surface area contributed by atoms with Crippen molar-refractivity contribution in [2.75, 3.05) is 40.9 Å². The predicted octanol–water partition coefficient (Wildman–Crippen LogP) is 17.8. The summed E-state index contributed by atoms with van der Waals surface area (Å²) >= 11 is 0. The molecule has 0 aliphatic carbocycles. The van der Waals surface area contributed by atoms with Gasteiger partial charge < -0.3 is 19.8 Å². The summed E-state index contributed by atoms with van der Waals surface area (Å²) in [6.45, 7) is 4.83. The van der Waals surface area contributed by atoms with Crippen molar-refractivity contribution in [1.29, 1.82) is 0 Å². The van der Waals surface area contributed by atoms with Gasteiger partial charge in [0, 0.05) is 6.42 Å². The van der Waals surface area contributed by atoms with Crippen LogP contribution in [-0.4, -0.2) is 73.4 Å². The molecule has 68 heavy (non-hydrogen) atoms. The van der Waals surface area contributed by atoms with Gasteiger partial charge in [0.2, 0.25) is 5.91 Å². The molecule has 0 bridgehead atoms. The first-order chi connectivity index (χ1) is 33.0. The maximum atomic E-state index is 13.0. The van der Waals surface area contributed by atoms with E-state index in [4.69, 9.17) is 9.05 Å². The van der Waals surface area contributed by atoms with Gasteiger partial charge in [-0.25, -0.2) is 4.57 Å². The van der Waals surface area contributed by atoms with Crippen LogP contribution in [0, 0.1) is 0 Å². The molecule has 9 heteroatoms. The molecule has 0 aromatic heterocycles. The molecule has 0 aliphatic rings. The van der Waals surface area contributed by atoms with Gasteiger partial charge in [-0.05, 0) is 44.9 Å². The Morgan fingerprint density at radius 2 is 0.809 bits per heavy atom. The number of quaternary nitrogens is 1. The van der Waals surface area contributed by atoms with Crippen LogP contribution in [-0.2, 0) is 18.4 Å². The molecule has 0 saturated heterocycles. The standard InChI is InChI=1S/C59H115N2O6P/c1-6-8-10-12-14-16-18-20-22-24-26-28-30-31-33-35-37-39-41-43-45-47-49-51-53-59(63)60-57(56-67-68(64,65)66-55-54-61(3,4)5)58(62)52-50-48-46-44-42-40-38-36-34-32-29-27-25-23-21-19-17-15-13-11-9-7-2/h34,36,42,44,50,52,57-58,62H,6-33,35,37-41,43,45-49,51,53-56H2,1-5H3,(H-,60,63,64,65)/p+1/b36-34+,44-42+,52-50+. The molecular formula is C59H116N2O6P+. The van der Waals surface area contributed by atoms with Gasteiger partial charge in [0.15, 0.2) is 0 Å². The van der Waals surface area contributed by atoms with Crippen molar-refractivity contribution >= 4 is 13.7 Å². The predicted molar refractivity (Wildman–Crippen MR) is 295 cm³/mol. The highest BCUT2D eigenvalue weighted by molar-refractivity contribution is 7.47. The zero-order chi connectivity index (χ0) is 49.9. The van der Waals surface area contributed by atoms with Gasteiger partial charge in [-0.1, -0.05) is 269 Å². The lowest BCUT2D eigenvalue weighted by Gasteiger charge is -2.25. The number of phosphoric ester groups is 1. The summed E-state index contributed by atoms with van der Waals surface area (Å²) in [7, 11) is 1.56. The van der Waals surface area contributed by atoms with Crippen molar-refractivity contribution in [3.05, 3.63) is 36.5 Å². The first-order valence-corrected chi connectivity index (χ1v) is 30.9. The third-order valence-corrected chi connectivity index (χ3v) is 14.3. The average molecular weight is 981 g/mol. The van der Waals surface area contributed by atoms with E-state index in [2.05, 4.69) is 43.5 Å². The van der Waals surface area contributed by atoms with Crippen molar-refractivity contribution in [2.24, 2.45) is 0 Å². The number of aliphatic hydroxyl groups excluding tert-OH is 1. The number of nitrogens with one attached hydrogen (secondary N) is 1. The summed E-state index contributed by atoms with van der Waals surface area (Å²) in [5, 5.41) is 13.9. The topological polar surface area (TPSA) is 105 Å². The number of hydrogen-bond acceptors (Lipinski definition) is 5. The van der Waals surface area contributed by atoms with Gasteiger partial charge in [0.25, 0.3) is 0 Å². The Hall–Kier alpha value is -1.28. The Labute approximate surface area is 423 Å². The molecule has 0 radical (unpaired) electrons. The largest absolute Gasteiger partial charge is 0.472 e. The third-order valence-electron chi connectivity index (χ3n) is 13.3. The van der Waals surface area contributed by atoms with Gasteiger partial charge in [0.05, 0.1) is 39.9 Å². The first-order valence-electron chi connectivity index (χ1n) is 29.4. The van der Waals surface area contributed by atoms with Gasteiger partial charge >= 0.3 is 7.82 Å². The van der Waals surface area contributed by atoms with Crippen molar-refractivity contribution in [3.63, 3.8) is 0 Å². The van der Waals surface area contributed by atoms with Crippen molar-refractivity contribution < 1.29 is 32.9 Å². The second kappa shape index (κ2) is 50.7. The van der Waals surface area contributed by atoms with Crippen molar-refractivity contribution in [3.8, 4) is 0 Å². The van der Waals surface area contributed by atoms with E-state index < -0.39 is 20.0 Å². The molecule has 3 atom stereocenters. The van der Waals surface area contributed by atoms with Gasteiger partial charge in [-0.15, -0.1) is 0 Å². The minimum atomic E-state index is -4.36. The zero-order valence-electron chi connectivity index (χ0n) is 45.9. The SMILES string of the molecule is CCCCCCCCCCCCCC/C=C/CC/C=C/CC/C=C/C(O)C(COP(=O)(O)OCC[N+](C)(C)C)NC(=O)CCCCCCCCCCCCCCCCCCCCCCCCCC. The summed E-state index contributed by atoms with van der Waals surface area (Å²) in [5.74, 6) is -0.186. The number of rotatable bonds is 54. The van der Waals surface area contributed by atoms with E-state index in [-0.39, 0.29) is 19.1 Å². The number of phosphoric acid groups is 1. The second-order valence-electron chi connectivity index (χ2n) is 21.4. The highest BCUT2D eigenvalue weighted by atomic mass is 31.2. The molecule has 8 nitrogen and oxygen atoms in total. The van der Waals surface area contributed by atoms with Gasteiger partial charge in [-0.3, -0.25) is 13.8 Å². The number of unbranched alkanes of at least 4 members (excludes halogenated alkanes) is 37. The van der Waals surface area contributed by atoms with E-state index in [1.165, 1.54) is 218 Å². The molecule has 3 unspecified atom stereocenters. The average Bonchev–Trinajstić information content (AvgIpc) is 3.30. The van der Waals surface area contributed by atoms with E-state index >= 15 is 0 Å². The van der Waals surface area contributed by atoms with Crippen LogP contribution in [0.3, 0.4) is 0 Å². The molecule has 0 rings (SSSR count). The molecule has 1 amide bonds. The van der Waals surface area contributed by atoms with Crippen LogP contribution >= 0.6 is 7.82 Å². The van der Waals surface area contributed by atoms with Crippen LogP contribution in [0.15, 0.2) is 36.5 Å². The molecule has 3 N–H and O–H groups in total.